The molecule has 0 aromatic rings. The van der Waals surface area contributed by atoms with Crippen LogP contribution in [0.3, 0.4) is 0 Å². The van der Waals surface area contributed by atoms with Crippen LogP contribution in [0.2, 0.25) is 0 Å². The van der Waals surface area contributed by atoms with Crippen molar-refractivity contribution < 1.29 is 20.0 Å². The van der Waals surface area contributed by atoms with E-state index in [9.17, 15) is 0 Å². The molecule has 4 heavy (non-hydrogen) atoms. The van der Waals surface area contributed by atoms with Crippen LogP contribution in [0.5, 0.6) is 0 Å². The number of rotatable bonds is 0. The topological polar surface area (TPSA) is 0 Å². The van der Waals surface area contributed by atoms with E-state index in [1.807, 2.05) is 15.9 Å². The summed E-state index contributed by atoms with van der Waals surface area (Å²) >= 11 is 1.75. The van der Waals surface area contributed by atoms with E-state index in [0.29, 0.717) is 0 Å². The zero-order chi connectivity index (χ0) is 4.00. The number of hydrogen-bond acceptors (Lipinski definition) is 0. The average molecular weight is 281 g/mol. The van der Waals surface area contributed by atoms with Gasteiger partial charge in [0.2, 0.25) is 0 Å². The van der Waals surface area contributed by atoms with Gasteiger partial charge in [0, 0.05) is 6.66 Å². The number of halogens is 1. The predicted molar refractivity (Wildman–Crippen MR) is 22.9 cm³/mol. The standard InChI is InChI=1S/CH5P.Au.ClH/c1-2;;/h2H2,1H3;;1H/q;+1;. The Bertz CT molecular complexity index is 8.00. The summed E-state index contributed by atoms with van der Waals surface area (Å²) in [7, 11) is 6.44. The minimum atomic E-state index is 1.75. The molecular weight excluding hydrogens is 275 g/mol. The van der Waals surface area contributed by atoms with Gasteiger partial charge in [-0.2, -0.15) is 0 Å². The monoisotopic (exact) mass is 281 g/mol. The van der Waals surface area contributed by atoms with E-state index in [4.69, 9.17) is 0 Å². The van der Waals surface area contributed by atoms with Gasteiger partial charge >= 0.3 is 29.2 Å². The molecule has 0 rings (SSSR count). The van der Waals surface area contributed by atoms with Crippen molar-refractivity contribution in [2.45, 2.75) is 0 Å². The van der Waals surface area contributed by atoms with Crippen LogP contribution in [-0.2, 0) is 20.0 Å². The van der Waals surface area contributed by atoms with Crippen LogP contribution in [0.4, 0.5) is 0 Å². The van der Waals surface area contributed by atoms with Gasteiger partial charge in [-0.05, 0) is 9.24 Å². The van der Waals surface area contributed by atoms with Gasteiger partial charge in [-0.25, -0.2) is 0 Å². The Hall–Kier alpha value is 1.46. The van der Waals surface area contributed by atoms with Gasteiger partial charge in [0.15, 0.2) is 0 Å². The second-order valence-corrected chi connectivity index (χ2v) is 0. The second-order valence-electron chi connectivity index (χ2n) is 0. The van der Waals surface area contributed by atoms with Gasteiger partial charge in [-0.15, -0.1) is 0 Å². The zero-order valence-electron chi connectivity index (χ0n) is 2.39. The normalized spacial score (nSPS) is 4.00. The average Bonchev–Trinajstić information content (AvgIpc) is 1.50. The maximum atomic E-state index is 4.58. The Labute approximate surface area is 45.2 Å². The quantitative estimate of drug-likeness (QED) is 0.457. The third-order valence-corrected chi connectivity index (χ3v) is 0. The van der Waals surface area contributed by atoms with Crippen LogP contribution in [0.1, 0.15) is 0 Å². The molecule has 0 spiro atoms. The van der Waals surface area contributed by atoms with Crippen LogP contribution in [0, 0.1) is 0 Å². The molecule has 3 heteroatoms. The van der Waals surface area contributed by atoms with E-state index < -0.39 is 0 Å². The van der Waals surface area contributed by atoms with Gasteiger partial charge in [0.05, 0.1) is 0 Å². The molecule has 0 fully saturated rings. The molecule has 1 unspecified atom stereocenters. The van der Waals surface area contributed by atoms with Gasteiger partial charge in [-0.1, -0.05) is 0 Å². The summed E-state index contributed by atoms with van der Waals surface area (Å²) in [5.74, 6) is 0. The van der Waals surface area contributed by atoms with Crippen molar-refractivity contribution in [2.75, 3.05) is 6.66 Å². The van der Waals surface area contributed by atoms with Crippen molar-refractivity contribution in [3.05, 3.63) is 0 Å². The van der Waals surface area contributed by atoms with Crippen LogP contribution < -0.4 is 0 Å². The first kappa shape index (κ1) is 9.07. The molecule has 0 aromatic carbocycles. The Morgan fingerprint density at radius 3 is 1.50 bits per heavy atom. The summed E-state index contributed by atoms with van der Waals surface area (Å²) in [4.78, 5) is 0. The van der Waals surface area contributed by atoms with E-state index in [1.54, 1.807) is 20.0 Å². The van der Waals surface area contributed by atoms with E-state index in [-0.39, 0.29) is 0 Å². The zero-order valence-corrected chi connectivity index (χ0v) is 6.72. The first-order valence-corrected chi connectivity index (χ1v) is 4.92. The summed E-state index contributed by atoms with van der Waals surface area (Å²) in [6.45, 7) is 2.03. The molecule has 0 aliphatic carbocycles. The van der Waals surface area contributed by atoms with Crippen molar-refractivity contribution in [1.82, 2.24) is 0 Å². The molecule has 0 aromatic heterocycles. The summed E-state index contributed by atoms with van der Waals surface area (Å²) < 4.78 is 0. The third-order valence-electron chi connectivity index (χ3n) is 0. The molecule has 0 bridgehead atoms. The molecule has 0 saturated heterocycles. The van der Waals surface area contributed by atoms with E-state index in [1.165, 1.54) is 0 Å². The first-order chi connectivity index (χ1) is 2.00. The molecule has 0 heterocycles. The van der Waals surface area contributed by atoms with Gasteiger partial charge in [-0.3, -0.25) is 0 Å². The molecule has 32 valence electrons. The van der Waals surface area contributed by atoms with Gasteiger partial charge in [0.1, 0.15) is 0 Å². The fraction of sp³-hybridized carbons (Fsp3) is 1.00. The molecule has 0 amide bonds. The van der Waals surface area contributed by atoms with Crippen molar-refractivity contribution in [3.8, 4) is 0 Å². The first-order valence-electron chi connectivity index (χ1n) is 0.821. The second kappa shape index (κ2) is 25.0. The molecule has 0 aliphatic heterocycles. The van der Waals surface area contributed by atoms with Crippen LogP contribution in [0.15, 0.2) is 0 Å². The Morgan fingerprint density at radius 1 is 1.50 bits per heavy atom. The van der Waals surface area contributed by atoms with E-state index in [0.717, 1.165) is 0 Å². The third kappa shape index (κ3) is 9.82. The molecule has 0 radical (unpaired) electrons. The Balaban J connectivity index is 0. The predicted octanol–water partition coefficient (Wildman–Crippen LogP) is 0.911. The molecular formula is CH6AuClP+. The maximum absolute atomic E-state index is 4.58. The molecule has 0 aliphatic rings. The summed E-state index contributed by atoms with van der Waals surface area (Å²) in [5.41, 5.74) is 0. The fourth-order valence-corrected chi connectivity index (χ4v) is 0. The fourth-order valence-electron chi connectivity index (χ4n) is 0. The SMILES string of the molecule is C[PH3+].[Cl][Au]. The molecule has 0 N–H and O–H groups in total. The number of hydrogen-bond donors (Lipinski definition) is 0. The molecule has 0 saturated carbocycles. The Morgan fingerprint density at radius 2 is 1.50 bits per heavy atom. The van der Waals surface area contributed by atoms with E-state index in [2.05, 4.69) is 9.19 Å². The summed E-state index contributed by atoms with van der Waals surface area (Å²) in [6, 6.07) is 0. The molecule has 1 atom stereocenters. The van der Waals surface area contributed by atoms with Crippen molar-refractivity contribution in [2.24, 2.45) is 0 Å². The van der Waals surface area contributed by atoms with Crippen molar-refractivity contribution >= 4 is 18.4 Å². The van der Waals surface area contributed by atoms with E-state index >= 15 is 0 Å². The van der Waals surface area contributed by atoms with Crippen molar-refractivity contribution in [1.29, 1.82) is 0 Å². The minimum absolute atomic E-state index is 1.75. The Kier molecular flexibility index (Phi) is 56.8. The van der Waals surface area contributed by atoms with Crippen molar-refractivity contribution in [3.63, 3.8) is 0 Å². The molecule has 0 nitrogen and oxygen atoms in total. The van der Waals surface area contributed by atoms with Crippen LogP contribution in [0.25, 0.3) is 0 Å². The van der Waals surface area contributed by atoms with Crippen LogP contribution in [-0.4, -0.2) is 6.66 Å². The van der Waals surface area contributed by atoms with Gasteiger partial charge < -0.3 is 0 Å². The summed E-state index contributed by atoms with van der Waals surface area (Å²) in [6.07, 6.45) is 0. The van der Waals surface area contributed by atoms with Crippen LogP contribution >= 0.6 is 18.4 Å². The summed E-state index contributed by atoms with van der Waals surface area (Å²) in [5, 5.41) is 0. The van der Waals surface area contributed by atoms with Gasteiger partial charge in [0.25, 0.3) is 0 Å².